The Kier molecular flexibility index (Phi) is 5.84. The predicted molar refractivity (Wildman–Crippen MR) is 110 cm³/mol. The minimum Gasteiger partial charge on any atom is -0.338 e. The summed E-state index contributed by atoms with van der Waals surface area (Å²) >= 11 is 0. The molecule has 0 aliphatic rings. The Labute approximate surface area is 161 Å². The highest BCUT2D eigenvalue weighted by molar-refractivity contribution is 5.80. The van der Waals surface area contributed by atoms with Crippen LogP contribution in [0, 0.1) is 6.92 Å². The van der Waals surface area contributed by atoms with Crippen molar-refractivity contribution in [3.8, 4) is 0 Å². The molecule has 0 saturated carbocycles. The van der Waals surface area contributed by atoms with Gasteiger partial charge in [0, 0.05) is 24.5 Å². The number of fused-ring (bicyclic) bond motifs is 1. The summed E-state index contributed by atoms with van der Waals surface area (Å²) in [4.78, 5) is 23.4. The molecule has 0 fully saturated rings. The van der Waals surface area contributed by atoms with E-state index < -0.39 is 0 Å². The molecule has 0 saturated heterocycles. The van der Waals surface area contributed by atoms with Crippen molar-refractivity contribution in [1.82, 2.24) is 14.9 Å². The zero-order valence-electron chi connectivity index (χ0n) is 16.6. The molecule has 0 bridgehead atoms. The van der Waals surface area contributed by atoms with Gasteiger partial charge in [0.25, 0.3) is 0 Å². The number of nitrogens with zero attached hydrogens (tertiary/aromatic N) is 3. The van der Waals surface area contributed by atoms with Crippen LogP contribution in [-0.4, -0.2) is 27.8 Å². The molecule has 0 spiro atoms. The highest BCUT2D eigenvalue weighted by Crippen LogP contribution is 2.17. The summed E-state index contributed by atoms with van der Waals surface area (Å²) in [5, 5.41) is 1.06. The molecule has 4 heteroatoms. The van der Waals surface area contributed by atoms with E-state index in [1.165, 1.54) is 11.1 Å². The standard InChI is InChI=1S/C23H27N3O/c1-16(2)19-12-9-18(10-13-19)11-14-23(27)26(4)15-22-24-17(3)20-7-5-6-8-21(20)25-22/h5-10,12-13,16H,11,14-15H2,1-4H3. The van der Waals surface area contributed by atoms with Crippen molar-refractivity contribution in [3.63, 3.8) is 0 Å². The molecule has 4 nitrogen and oxygen atoms in total. The van der Waals surface area contributed by atoms with Crippen molar-refractivity contribution in [3.05, 3.63) is 71.2 Å². The van der Waals surface area contributed by atoms with Crippen LogP contribution in [0.1, 0.15) is 48.8 Å². The topological polar surface area (TPSA) is 46.1 Å². The van der Waals surface area contributed by atoms with Crippen LogP contribution < -0.4 is 0 Å². The summed E-state index contributed by atoms with van der Waals surface area (Å²) in [7, 11) is 1.82. The molecule has 1 amide bonds. The summed E-state index contributed by atoms with van der Waals surface area (Å²) in [5.41, 5.74) is 4.39. The lowest BCUT2D eigenvalue weighted by Gasteiger charge is -2.17. The van der Waals surface area contributed by atoms with Crippen molar-refractivity contribution in [1.29, 1.82) is 0 Å². The second kappa shape index (κ2) is 8.30. The number of carbonyl (C=O) groups excluding carboxylic acids is 1. The van der Waals surface area contributed by atoms with E-state index in [2.05, 4.69) is 48.1 Å². The summed E-state index contributed by atoms with van der Waals surface area (Å²) < 4.78 is 0. The zero-order valence-corrected chi connectivity index (χ0v) is 16.6. The van der Waals surface area contributed by atoms with Crippen LogP contribution in [0.25, 0.3) is 10.9 Å². The molecule has 0 aliphatic heterocycles. The first kappa shape index (κ1) is 19.0. The third-order valence-corrected chi connectivity index (χ3v) is 4.92. The number of hydrogen-bond donors (Lipinski definition) is 0. The molecule has 0 N–H and O–H groups in total. The van der Waals surface area contributed by atoms with Gasteiger partial charge in [-0.15, -0.1) is 0 Å². The Hall–Kier alpha value is -2.75. The number of hydrogen-bond acceptors (Lipinski definition) is 3. The Morgan fingerprint density at radius 3 is 2.44 bits per heavy atom. The van der Waals surface area contributed by atoms with Gasteiger partial charge in [0.15, 0.2) is 0 Å². The molecule has 1 heterocycles. The highest BCUT2D eigenvalue weighted by atomic mass is 16.2. The number of aryl methyl sites for hydroxylation is 2. The molecule has 0 aliphatic carbocycles. The second-order valence-electron chi connectivity index (χ2n) is 7.39. The number of amides is 1. The van der Waals surface area contributed by atoms with E-state index in [0.717, 1.165) is 23.0 Å². The molecule has 3 aromatic rings. The quantitative estimate of drug-likeness (QED) is 0.642. The number of benzene rings is 2. The number of para-hydroxylation sites is 1. The van der Waals surface area contributed by atoms with E-state index in [0.29, 0.717) is 24.7 Å². The summed E-state index contributed by atoms with van der Waals surface area (Å²) in [6.07, 6.45) is 1.24. The minimum absolute atomic E-state index is 0.109. The normalized spacial score (nSPS) is 11.1. The molecule has 0 unspecified atom stereocenters. The zero-order chi connectivity index (χ0) is 19.4. The fourth-order valence-electron chi connectivity index (χ4n) is 3.18. The summed E-state index contributed by atoms with van der Waals surface area (Å²) in [6, 6.07) is 16.5. The maximum atomic E-state index is 12.5. The van der Waals surface area contributed by atoms with Gasteiger partial charge in [0.05, 0.1) is 12.1 Å². The molecule has 140 valence electrons. The Morgan fingerprint density at radius 2 is 1.74 bits per heavy atom. The van der Waals surface area contributed by atoms with Gasteiger partial charge >= 0.3 is 0 Å². The Balaban J connectivity index is 1.60. The van der Waals surface area contributed by atoms with Gasteiger partial charge in [-0.05, 0) is 36.5 Å². The third kappa shape index (κ3) is 4.70. The molecular weight excluding hydrogens is 334 g/mol. The first-order valence-electron chi connectivity index (χ1n) is 9.49. The van der Waals surface area contributed by atoms with Crippen LogP contribution in [-0.2, 0) is 17.8 Å². The predicted octanol–water partition coefficient (Wildman–Crippen LogP) is 4.65. The van der Waals surface area contributed by atoms with Gasteiger partial charge in [-0.25, -0.2) is 9.97 Å². The summed E-state index contributed by atoms with van der Waals surface area (Å²) in [5.74, 6) is 1.32. The molecule has 0 radical (unpaired) electrons. The van der Waals surface area contributed by atoms with E-state index >= 15 is 0 Å². The average Bonchev–Trinajstić information content (AvgIpc) is 2.66. The average molecular weight is 361 g/mol. The Morgan fingerprint density at radius 1 is 1.04 bits per heavy atom. The minimum atomic E-state index is 0.109. The van der Waals surface area contributed by atoms with Gasteiger partial charge < -0.3 is 4.90 Å². The first-order chi connectivity index (χ1) is 12.9. The first-order valence-corrected chi connectivity index (χ1v) is 9.49. The van der Waals surface area contributed by atoms with E-state index in [9.17, 15) is 4.79 Å². The highest BCUT2D eigenvalue weighted by Gasteiger charge is 2.12. The van der Waals surface area contributed by atoms with E-state index in [1.807, 2.05) is 38.2 Å². The van der Waals surface area contributed by atoms with Gasteiger partial charge in [0.2, 0.25) is 5.91 Å². The molecule has 1 aromatic heterocycles. The van der Waals surface area contributed by atoms with Gasteiger partial charge in [-0.3, -0.25) is 4.79 Å². The van der Waals surface area contributed by atoms with Crippen LogP contribution in [0.15, 0.2) is 48.5 Å². The molecule has 2 aromatic carbocycles. The lowest BCUT2D eigenvalue weighted by atomic mass is 10.0. The van der Waals surface area contributed by atoms with Crippen LogP contribution >= 0.6 is 0 Å². The number of rotatable bonds is 6. The van der Waals surface area contributed by atoms with Crippen molar-refractivity contribution in [2.45, 2.75) is 46.1 Å². The van der Waals surface area contributed by atoms with Crippen molar-refractivity contribution in [2.24, 2.45) is 0 Å². The van der Waals surface area contributed by atoms with E-state index in [4.69, 9.17) is 0 Å². The maximum Gasteiger partial charge on any atom is 0.223 e. The van der Waals surface area contributed by atoms with Gasteiger partial charge in [-0.2, -0.15) is 0 Å². The monoisotopic (exact) mass is 361 g/mol. The fourth-order valence-corrected chi connectivity index (χ4v) is 3.18. The molecule has 3 rings (SSSR count). The van der Waals surface area contributed by atoms with E-state index in [1.54, 1.807) is 4.90 Å². The molecule has 0 atom stereocenters. The van der Waals surface area contributed by atoms with Crippen molar-refractivity contribution in [2.75, 3.05) is 7.05 Å². The van der Waals surface area contributed by atoms with Crippen LogP contribution in [0.2, 0.25) is 0 Å². The molecular formula is C23H27N3O. The lowest BCUT2D eigenvalue weighted by Crippen LogP contribution is -2.27. The van der Waals surface area contributed by atoms with Crippen molar-refractivity contribution >= 4 is 16.8 Å². The van der Waals surface area contributed by atoms with E-state index in [-0.39, 0.29) is 5.91 Å². The third-order valence-electron chi connectivity index (χ3n) is 4.92. The Bertz CT molecular complexity index is 932. The lowest BCUT2D eigenvalue weighted by molar-refractivity contribution is -0.130. The van der Waals surface area contributed by atoms with Crippen LogP contribution in [0.3, 0.4) is 0 Å². The number of carbonyl (C=O) groups is 1. The van der Waals surface area contributed by atoms with Gasteiger partial charge in [0.1, 0.15) is 5.82 Å². The largest absolute Gasteiger partial charge is 0.338 e. The SMILES string of the molecule is Cc1nc(CN(C)C(=O)CCc2ccc(C(C)C)cc2)nc2ccccc12. The summed E-state index contributed by atoms with van der Waals surface area (Å²) in [6.45, 7) is 6.78. The van der Waals surface area contributed by atoms with Crippen molar-refractivity contribution < 1.29 is 4.79 Å². The maximum absolute atomic E-state index is 12.5. The second-order valence-corrected chi connectivity index (χ2v) is 7.39. The molecule has 27 heavy (non-hydrogen) atoms. The van der Waals surface area contributed by atoms with Crippen LogP contribution in [0.4, 0.5) is 0 Å². The fraction of sp³-hybridized carbons (Fsp3) is 0.348. The van der Waals surface area contributed by atoms with Gasteiger partial charge in [-0.1, -0.05) is 56.3 Å². The smallest absolute Gasteiger partial charge is 0.223 e. The van der Waals surface area contributed by atoms with Crippen LogP contribution in [0.5, 0.6) is 0 Å². The number of aromatic nitrogens is 2.